The van der Waals surface area contributed by atoms with Crippen LogP contribution in [0.1, 0.15) is 36.4 Å². The molecule has 0 spiro atoms. The van der Waals surface area contributed by atoms with Crippen molar-refractivity contribution in [2.24, 2.45) is 5.92 Å². The van der Waals surface area contributed by atoms with E-state index in [0.717, 1.165) is 30.4 Å². The van der Waals surface area contributed by atoms with E-state index in [2.05, 4.69) is 5.32 Å². The maximum Gasteiger partial charge on any atom is 0.317 e. The Bertz CT molecular complexity index is 605. The molecule has 2 amide bonds. The third-order valence-electron chi connectivity index (χ3n) is 4.54. The van der Waals surface area contributed by atoms with Gasteiger partial charge in [0, 0.05) is 13.1 Å². The molecular weight excluding hydrogens is 287 g/mol. The number of nitrogens with one attached hydrogen (secondary N) is 1. The van der Waals surface area contributed by atoms with Gasteiger partial charge in [-0.15, -0.1) is 0 Å². The third-order valence-corrected chi connectivity index (χ3v) is 4.54. The van der Waals surface area contributed by atoms with Crippen LogP contribution < -0.4 is 5.32 Å². The average Bonchev–Trinajstić information content (AvgIpc) is 2.97. The summed E-state index contributed by atoms with van der Waals surface area (Å²) in [5.74, 6) is -1.58. The van der Waals surface area contributed by atoms with E-state index in [1.54, 1.807) is 11.0 Å². The van der Waals surface area contributed by atoms with Crippen LogP contribution in [0.5, 0.6) is 0 Å². The first-order chi connectivity index (χ1) is 10.5. The molecule has 2 N–H and O–H groups in total. The van der Waals surface area contributed by atoms with Crippen LogP contribution in [0.4, 0.5) is 9.18 Å². The summed E-state index contributed by atoms with van der Waals surface area (Å²) in [6.45, 7) is 0.718. The maximum absolute atomic E-state index is 13.3. The first-order valence-corrected chi connectivity index (χ1v) is 7.61. The van der Waals surface area contributed by atoms with E-state index in [1.807, 2.05) is 0 Å². The fraction of sp³-hybridized carbons (Fsp3) is 0.500. The Morgan fingerprint density at radius 1 is 1.32 bits per heavy atom. The van der Waals surface area contributed by atoms with Gasteiger partial charge in [-0.25, -0.2) is 9.18 Å². The van der Waals surface area contributed by atoms with E-state index in [1.165, 1.54) is 12.1 Å². The van der Waals surface area contributed by atoms with Gasteiger partial charge in [-0.1, -0.05) is 6.07 Å². The highest BCUT2D eigenvalue weighted by Crippen LogP contribution is 2.30. The van der Waals surface area contributed by atoms with Crippen LogP contribution in [0.3, 0.4) is 0 Å². The molecule has 2 atom stereocenters. The van der Waals surface area contributed by atoms with Crippen molar-refractivity contribution in [1.82, 2.24) is 10.2 Å². The van der Waals surface area contributed by atoms with Crippen LogP contribution in [0, 0.1) is 11.7 Å². The van der Waals surface area contributed by atoms with Crippen molar-refractivity contribution < 1.29 is 19.1 Å². The second-order valence-corrected chi connectivity index (χ2v) is 6.01. The Kier molecular flexibility index (Phi) is 4.00. The smallest absolute Gasteiger partial charge is 0.317 e. The molecule has 5 nitrogen and oxygen atoms in total. The number of hydrogen-bond acceptors (Lipinski definition) is 2. The minimum Gasteiger partial charge on any atom is -0.481 e. The number of halogens is 1. The number of aliphatic carboxylic acids is 1. The minimum absolute atomic E-state index is 0.124. The van der Waals surface area contributed by atoms with Crippen molar-refractivity contribution in [3.8, 4) is 0 Å². The molecule has 1 saturated heterocycles. The van der Waals surface area contributed by atoms with Crippen molar-refractivity contribution in [3.63, 3.8) is 0 Å². The largest absolute Gasteiger partial charge is 0.481 e. The molecule has 1 aliphatic carbocycles. The number of carboxylic acids is 1. The number of likely N-dealkylation sites (tertiary alicyclic amines) is 1. The average molecular weight is 306 g/mol. The van der Waals surface area contributed by atoms with Gasteiger partial charge in [0.05, 0.1) is 12.0 Å². The first-order valence-electron chi connectivity index (χ1n) is 7.61. The number of carbonyl (C=O) groups is 2. The normalized spacial score (nSPS) is 24.0. The molecule has 6 heteroatoms. The molecule has 22 heavy (non-hydrogen) atoms. The predicted molar refractivity (Wildman–Crippen MR) is 77.9 cm³/mol. The molecule has 1 aromatic carbocycles. The van der Waals surface area contributed by atoms with E-state index >= 15 is 0 Å². The van der Waals surface area contributed by atoms with Gasteiger partial charge in [0.2, 0.25) is 0 Å². The molecule has 0 aromatic heterocycles. The molecule has 1 aliphatic heterocycles. The summed E-state index contributed by atoms with van der Waals surface area (Å²) in [6.07, 6.45) is 3.04. The molecule has 118 valence electrons. The molecule has 0 saturated carbocycles. The van der Waals surface area contributed by atoms with Gasteiger partial charge in [0.25, 0.3) is 0 Å². The molecule has 0 bridgehead atoms. The summed E-state index contributed by atoms with van der Waals surface area (Å²) in [7, 11) is 0. The topological polar surface area (TPSA) is 69.6 Å². The zero-order valence-corrected chi connectivity index (χ0v) is 12.2. The lowest BCUT2D eigenvalue weighted by Crippen LogP contribution is -2.41. The summed E-state index contributed by atoms with van der Waals surface area (Å²) in [5, 5.41) is 12.0. The number of hydrogen-bond donors (Lipinski definition) is 2. The fourth-order valence-corrected chi connectivity index (χ4v) is 3.32. The highest BCUT2D eigenvalue weighted by atomic mass is 19.1. The highest BCUT2D eigenvalue weighted by molar-refractivity contribution is 5.77. The van der Waals surface area contributed by atoms with Crippen molar-refractivity contribution >= 4 is 12.0 Å². The van der Waals surface area contributed by atoms with Gasteiger partial charge < -0.3 is 15.3 Å². The summed E-state index contributed by atoms with van der Waals surface area (Å²) >= 11 is 0. The SMILES string of the molecule is O=C(O)C1CCN(C(=O)NC2CCCc3cc(F)ccc32)C1. The van der Waals surface area contributed by atoms with E-state index in [4.69, 9.17) is 5.11 Å². The number of aryl methyl sites for hydroxylation is 1. The number of carbonyl (C=O) groups excluding carboxylic acids is 1. The zero-order chi connectivity index (χ0) is 15.7. The quantitative estimate of drug-likeness (QED) is 0.881. The fourth-order valence-electron chi connectivity index (χ4n) is 3.32. The number of amides is 2. The van der Waals surface area contributed by atoms with E-state index in [9.17, 15) is 14.0 Å². The summed E-state index contributed by atoms with van der Waals surface area (Å²) < 4.78 is 13.3. The van der Waals surface area contributed by atoms with Crippen LogP contribution >= 0.6 is 0 Å². The molecule has 1 aromatic rings. The van der Waals surface area contributed by atoms with E-state index in [-0.39, 0.29) is 24.4 Å². The molecule has 2 unspecified atom stereocenters. The maximum atomic E-state index is 13.3. The number of fused-ring (bicyclic) bond motifs is 1. The van der Waals surface area contributed by atoms with Gasteiger partial charge in [-0.05, 0) is 48.9 Å². The van der Waals surface area contributed by atoms with Gasteiger partial charge in [0.1, 0.15) is 5.82 Å². The molecule has 2 aliphatic rings. The Labute approximate surface area is 128 Å². The second-order valence-electron chi connectivity index (χ2n) is 6.01. The monoisotopic (exact) mass is 306 g/mol. The van der Waals surface area contributed by atoms with Crippen LogP contribution in [-0.4, -0.2) is 35.1 Å². The van der Waals surface area contributed by atoms with Crippen LogP contribution in [0.25, 0.3) is 0 Å². The van der Waals surface area contributed by atoms with Gasteiger partial charge >= 0.3 is 12.0 Å². The number of urea groups is 1. The molecular formula is C16H19FN2O3. The first kappa shape index (κ1) is 14.8. The highest BCUT2D eigenvalue weighted by Gasteiger charge is 2.32. The summed E-state index contributed by atoms with van der Waals surface area (Å²) in [4.78, 5) is 24.8. The summed E-state index contributed by atoms with van der Waals surface area (Å²) in [6, 6.07) is 4.33. The Morgan fingerprint density at radius 2 is 2.14 bits per heavy atom. The number of benzene rings is 1. The third kappa shape index (κ3) is 2.91. The molecule has 1 fully saturated rings. The van der Waals surface area contributed by atoms with E-state index in [0.29, 0.717) is 13.0 Å². The van der Waals surface area contributed by atoms with E-state index < -0.39 is 11.9 Å². The Balaban J connectivity index is 1.67. The minimum atomic E-state index is -0.853. The Hall–Kier alpha value is -2.11. The zero-order valence-electron chi connectivity index (χ0n) is 12.2. The van der Waals surface area contributed by atoms with Crippen molar-refractivity contribution in [1.29, 1.82) is 0 Å². The number of rotatable bonds is 2. The lowest BCUT2D eigenvalue weighted by Gasteiger charge is -2.28. The van der Waals surface area contributed by atoms with Gasteiger partial charge in [0.15, 0.2) is 0 Å². The lowest BCUT2D eigenvalue weighted by atomic mass is 9.87. The van der Waals surface area contributed by atoms with Crippen molar-refractivity contribution in [2.75, 3.05) is 13.1 Å². The van der Waals surface area contributed by atoms with Crippen LogP contribution in [-0.2, 0) is 11.2 Å². The number of nitrogens with zero attached hydrogens (tertiary/aromatic N) is 1. The lowest BCUT2D eigenvalue weighted by molar-refractivity contribution is -0.141. The standard InChI is InChI=1S/C16H19FN2O3/c17-12-4-5-13-10(8-12)2-1-3-14(13)18-16(22)19-7-6-11(9-19)15(20)21/h4-5,8,11,14H,1-3,6-7,9H2,(H,18,22)(H,20,21). The Morgan fingerprint density at radius 3 is 2.86 bits per heavy atom. The predicted octanol–water partition coefficient (Wildman–Crippen LogP) is 2.32. The van der Waals surface area contributed by atoms with Gasteiger partial charge in [-0.3, -0.25) is 4.79 Å². The number of carboxylic acid groups (broad SMARTS) is 1. The van der Waals surface area contributed by atoms with Crippen LogP contribution in [0.2, 0.25) is 0 Å². The molecule has 3 rings (SSSR count). The van der Waals surface area contributed by atoms with Gasteiger partial charge in [-0.2, -0.15) is 0 Å². The van der Waals surface area contributed by atoms with Crippen LogP contribution in [0.15, 0.2) is 18.2 Å². The van der Waals surface area contributed by atoms with Crippen molar-refractivity contribution in [2.45, 2.75) is 31.7 Å². The van der Waals surface area contributed by atoms with Crippen molar-refractivity contribution in [3.05, 3.63) is 35.1 Å². The molecule has 0 radical (unpaired) electrons. The molecule has 1 heterocycles. The summed E-state index contributed by atoms with van der Waals surface area (Å²) in [5.41, 5.74) is 1.91. The second kappa shape index (κ2) is 5.94.